The van der Waals surface area contributed by atoms with Crippen LogP contribution in [0.3, 0.4) is 0 Å². The molecule has 1 aromatic carbocycles. The zero-order valence-electron chi connectivity index (χ0n) is 12.9. The summed E-state index contributed by atoms with van der Waals surface area (Å²) in [6.07, 6.45) is 7.01. The van der Waals surface area contributed by atoms with Gasteiger partial charge in [0.15, 0.2) is 9.84 Å². The van der Waals surface area contributed by atoms with Gasteiger partial charge in [-0.1, -0.05) is 31.9 Å². The van der Waals surface area contributed by atoms with Crippen LogP contribution in [0, 0.1) is 5.41 Å². The lowest BCUT2D eigenvalue weighted by molar-refractivity contribution is 0.313. The molecular formula is C16H24ClNO2S. The molecule has 1 saturated carbocycles. The predicted molar refractivity (Wildman–Crippen MR) is 88.8 cm³/mol. The van der Waals surface area contributed by atoms with E-state index in [1.807, 2.05) is 0 Å². The third-order valence-electron chi connectivity index (χ3n) is 4.30. The highest BCUT2D eigenvalue weighted by Gasteiger charge is 2.24. The van der Waals surface area contributed by atoms with Crippen LogP contribution in [0.5, 0.6) is 0 Å². The van der Waals surface area contributed by atoms with Crippen LogP contribution in [0.15, 0.2) is 23.1 Å². The predicted octanol–water partition coefficient (Wildman–Crippen LogP) is 4.51. The van der Waals surface area contributed by atoms with Gasteiger partial charge in [0.1, 0.15) is 0 Å². The fraction of sp³-hybridized carbons (Fsp3) is 0.625. The third kappa shape index (κ3) is 4.62. The Bertz CT molecular complexity index is 611. The summed E-state index contributed by atoms with van der Waals surface area (Å²) in [6.45, 7) is 4.62. The van der Waals surface area contributed by atoms with Crippen molar-refractivity contribution in [2.45, 2.75) is 56.9 Å². The molecule has 0 bridgehead atoms. The fourth-order valence-corrected chi connectivity index (χ4v) is 3.69. The number of hydrogen-bond acceptors (Lipinski definition) is 3. The molecule has 1 aliphatic rings. The monoisotopic (exact) mass is 329 g/mol. The van der Waals surface area contributed by atoms with E-state index >= 15 is 0 Å². The van der Waals surface area contributed by atoms with Crippen molar-refractivity contribution in [2.24, 2.45) is 5.41 Å². The largest absolute Gasteiger partial charge is 0.381 e. The van der Waals surface area contributed by atoms with Gasteiger partial charge in [0, 0.05) is 12.3 Å². The highest BCUT2D eigenvalue weighted by Crippen LogP contribution is 2.35. The highest BCUT2D eigenvalue weighted by atomic mass is 35.5. The summed E-state index contributed by atoms with van der Waals surface area (Å²) in [4.78, 5) is 0.309. The maximum atomic E-state index is 11.7. The Hall–Kier alpha value is -0.740. The normalized spacial score (nSPS) is 22.6. The van der Waals surface area contributed by atoms with E-state index in [4.69, 9.17) is 11.6 Å². The molecule has 1 atom stereocenters. The van der Waals surface area contributed by atoms with Crippen LogP contribution in [-0.2, 0) is 9.84 Å². The van der Waals surface area contributed by atoms with Gasteiger partial charge in [0.2, 0.25) is 0 Å². The number of sulfone groups is 1. The van der Waals surface area contributed by atoms with Gasteiger partial charge >= 0.3 is 0 Å². The summed E-state index contributed by atoms with van der Waals surface area (Å²) in [5.74, 6) is 0. The van der Waals surface area contributed by atoms with Gasteiger partial charge in [0.25, 0.3) is 0 Å². The molecule has 1 unspecified atom stereocenters. The number of nitrogens with one attached hydrogen (secondary N) is 1. The second-order valence-corrected chi connectivity index (χ2v) is 9.27. The van der Waals surface area contributed by atoms with Crippen molar-refractivity contribution >= 4 is 27.1 Å². The van der Waals surface area contributed by atoms with Crippen molar-refractivity contribution in [1.82, 2.24) is 0 Å². The summed E-state index contributed by atoms with van der Waals surface area (Å²) in [5.41, 5.74) is 1.12. The smallest absolute Gasteiger partial charge is 0.175 e. The van der Waals surface area contributed by atoms with Crippen molar-refractivity contribution in [3.8, 4) is 0 Å². The number of halogens is 1. The molecule has 1 fully saturated rings. The summed E-state index contributed by atoms with van der Waals surface area (Å²) < 4.78 is 23.3. The molecule has 118 valence electrons. The van der Waals surface area contributed by atoms with E-state index in [1.54, 1.807) is 18.2 Å². The molecule has 0 amide bonds. The molecule has 1 N–H and O–H groups in total. The van der Waals surface area contributed by atoms with Crippen LogP contribution in [-0.4, -0.2) is 20.7 Å². The Morgan fingerprint density at radius 1 is 1.24 bits per heavy atom. The topological polar surface area (TPSA) is 46.2 Å². The highest BCUT2D eigenvalue weighted by molar-refractivity contribution is 7.90. The van der Waals surface area contributed by atoms with Crippen molar-refractivity contribution in [2.75, 3.05) is 11.6 Å². The van der Waals surface area contributed by atoms with Gasteiger partial charge in [-0.25, -0.2) is 8.42 Å². The number of hydrogen-bond donors (Lipinski definition) is 1. The minimum atomic E-state index is -3.21. The minimum Gasteiger partial charge on any atom is -0.381 e. The molecule has 0 saturated heterocycles. The van der Waals surface area contributed by atoms with Crippen LogP contribution in [0.25, 0.3) is 0 Å². The minimum absolute atomic E-state index is 0.309. The standard InChI is InChI=1S/C16H24ClNO2S/c1-16(2)9-4-5-12(8-10-16)18-15-11-13(21(3,19)20)6-7-14(15)17/h6-7,11-12,18H,4-5,8-10H2,1-3H3. The number of benzene rings is 1. The van der Waals surface area contributed by atoms with Crippen molar-refractivity contribution in [3.05, 3.63) is 23.2 Å². The Morgan fingerprint density at radius 2 is 1.95 bits per heavy atom. The van der Waals surface area contributed by atoms with Gasteiger partial charge in [-0.3, -0.25) is 0 Å². The quantitative estimate of drug-likeness (QED) is 0.830. The Balaban J connectivity index is 2.16. The maximum Gasteiger partial charge on any atom is 0.175 e. The van der Waals surface area contributed by atoms with Crippen molar-refractivity contribution in [1.29, 1.82) is 0 Å². The lowest BCUT2D eigenvalue weighted by atomic mass is 9.85. The maximum absolute atomic E-state index is 11.7. The zero-order valence-corrected chi connectivity index (χ0v) is 14.5. The first-order valence-corrected chi connectivity index (χ1v) is 9.70. The Kier molecular flexibility index (Phi) is 4.89. The fourth-order valence-electron chi connectivity index (χ4n) is 2.87. The van der Waals surface area contributed by atoms with Crippen LogP contribution in [0.1, 0.15) is 46.0 Å². The lowest BCUT2D eigenvalue weighted by Crippen LogP contribution is -2.19. The molecule has 1 aromatic rings. The Labute approximate surface area is 133 Å². The second kappa shape index (κ2) is 6.17. The van der Waals surface area contributed by atoms with Crippen LogP contribution < -0.4 is 5.32 Å². The van der Waals surface area contributed by atoms with Gasteiger partial charge in [-0.15, -0.1) is 0 Å². The van der Waals surface area contributed by atoms with E-state index in [9.17, 15) is 8.42 Å². The van der Waals surface area contributed by atoms with E-state index < -0.39 is 9.84 Å². The van der Waals surface area contributed by atoms with Crippen LogP contribution in [0.2, 0.25) is 5.02 Å². The van der Waals surface area contributed by atoms with E-state index in [0.717, 1.165) is 18.5 Å². The molecule has 0 radical (unpaired) electrons. The van der Waals surface area contributed by atoms with E-state index in [-0.39, 0.29) is 0 Å². The first-order chi connectivity index (χ1) is 9.67. The molecule has 3 nitrogen and oxygen atoms in total. The van der Waals surface area contributed by atoms with Crippen LogP contribution in [0.4, 0.5) is 5.69 Å². The first-order valence-electron chi connectivity index (χ1n) is 7.44. The zero-order chi connectivity index (χ0) is 15.7. The van der Waals surface area contributed by atoms with E-state index in [0.29, 0.717) is 21.4 Å². The van der Waals surface area contributed by atoms with Crippen molar-refractivity contribution < 1.29 is 8.42 Å². The molecule has 5 heteroatoms. The summed E-state index contributed by atoms with van der Waals surface area (Å²) in [6, 6.07) is 5.22. The lowest BCUT2D eigenvalue weighted by Gasteiger charge is -2.22. The average molecular weight is 330 g/mol. The molecule has 1 aliphatic carbocycles. The van der Waals surface area contributed by atoms with Crippen molar-refractivity contribution in [3.63, 3.8) is 0 Å². The number of anilines is 1. The van der Waals surface area contributed by atoms with Gasteiger partial charge in [-0.05, 0) is 49.3 Å². The molecule has 2 rings (SSSR count). The average Bonchev–Trinajstić information content (AvgIpc) is 2.52. The van der Waals surface area contributed by atoms with E-state index in [1.165, 1.54) is 25.5 Å². The summed E-state index contributed by atoms with van der Waals surface area (Å²) in [5, 5.41) is 4.02. The summed E-state index contributed by atoms with van der Waals surface area (Å²) in [7, 11) is -3.21. The Morgan fingerprint density at radius 3 is 2.62 bits per heavy atom. The molecule has 0 spiro atoms. The SMILES string of the molecule is CC1(C)CCCC(Nc2cc(S(C)(=O)=O)ccc2Cl)CC1. The molecule has 21 heavy (non-hydrogen) atoms. The molecule has 0 heterocycles. The van der Waals surface area contributed by atoms with Gasteiger partial charge < -0.3 is 5.32 Å². The molecular weight excluding hydrogens is 306 g/mol. The van der Waals surface area contributed by atoms with E-state index in [2.05, 4.69) is 19.2 Å². The second-order valence-electron chi connectivity index (χ2n) is 6.85. The van der Waals surface area contributed by atoms with Crippen LogP contribution >= 0.6 is 11.6 Å². The summed E-state index contributed by atoms with van der Waals surface area (Å²) >= 11 is 6.21. The molecule has 0 aromatic heterocycles. The third-order valence-corrected chi connectivity index (χ3v) is 5.74. The number of rotatable bonds is 3. The van der Waals surface area contributed by atoms with Gasteiger partial charge in [-0.2, -0.15) is 0 Å². The molecule has 0 aliphatic heterocycles. The first kappa shape index (κ1) is 16.6. The van der Waals surface area contributed by atoms with Gasteiger partial charge in [0.05, 0.1) is 15.6 Å².